The molecule has 18 heavy (non-hydrogen) atoms. The minimum atomic E-state index is -0.0908. The number of H-pyrrole nitrogens is 1. The van der Waals surface area contributed by atoms with Gasteiger partial charge in [0.15, 0.2) is 0 Å². The van der Waals surface area contributed by atoms with Crippen LogP contribution in [-0.2, 0) is 13.0 Å². The highest BCUT2D eigenvalue weighted by Gasteiger charge is 2.04. The summed E-state index contributed by atoms with van der Waals surface area (Å²) in [5.41, 5.74) is 2.61. The molecule has 0 spiro atoms. The van der Waals surface area contributed by atoms with E-state index >= 15 is 0 Å². The molecule has 1 amide bonds. The van der Waals surface area contributed by atoms with Crippen LogP contribution in [0.25, 0.3) is 0 Å². The molecule has 0 aliphatic rings. The Hall–Kier alpha value is -2.07. The number of aliphatic hydroxyl groups is 1. The Morgan fingerprint density at radius 2 is 1.89 bits per heavy atom. The maximum atomic E-state index is 11.6. The third kappa shape index (κ3) is 3.21. The number of amides is 1. The maximum absolute atomic E-state index is 11.6. The highest BCUT2D eigenvalue weighted by atomic mass is 16.3. The van der Waals surface area contributed by atoms with Crippen LogP contribution in [0.4, 0.5) is 0 Å². The second-order valence-corrected chi connectivity index (χ2v) is 4.06. The smallest absolute Gasteiger partial charge is 0.267 e. The zero-order valence-electron chi connectivity index (χ0n) is 10.0. The molecule has 0 fully saturated rings. The van der Waals surface area contributed by atoms with Crippen LogP contribution in [-0.4, -0.2) is 22.5 Å². The van der Waals surface area contributed by atoms with Crippen LogP contribution >= 0.6 is 0 Å². The molecule has 0 saturated carbocycles. The highest BCUT2D eigenvalue weighted by Crippen LogP contribution is 2.04. The summed E-state index contributed by atoms with van der Waals surface area (Å²) >= 11 is 0. The molecule has 0 aliphatic carbocycles. The summed E-state index contributed by atoms with van der Waals surface area (Å²) in [6.07, 6.45) is 2.50. The summed E-state index contributed by atoms with van der Waals surface area (Å²) < 4.78 is 0. The van der Waals surface area contributed by atoms with Crippen LogP contribution in [0, 0.1) is 0 Å². The van der Waals surface area contributed by atoms with E-state index in [1.807, 2.05) is 24.3 Å². The maximum Gasteiger partial charge on any atom is 0.267 e. The molecule has 4 nitrogen and oxygen atoms in total. The van der Waals surface area contributed by atoms with Gasteiger partial charge >= 0.3 is 0 Å². The summed E-state index contributed by atoms with van der Waals surface area (Å²) in [4.78, 5) is 14.5. The van der Waals surface area contributed by atoms with Crippen molar-refractivity contribution in [3.8, 4) is 0 Å². The number of aliphatic hydroxyl groups excluding tert-OH is 1. The fourth-order valence-corrected chi connectivity index (χ4v) is 1.70. The molecule has 2 rings (SSSR count). The van der Waals surface area contributed by atoms with Crippen molar-refractivity contribution in [3.05, 3.63) is 59.4 Å². The van der Waals surface area contributed by atoms with Crippen LogP contribution in [0.5, 0.6) is 0 Å². The van der Waals surface area contributed by atoms with Gasteiger partial charge in [0.05, 0.1) is 6.61 Å². The molecule has 1 aromatic carbocycles. The van der Waals surface area contributed by atoms with Gasteiger partial charge in [-0.1, -0.05) is 24.3 Å². The predicted molar refractivity (Wildman–Crippen MR) is 69.2 cm³/mol. The number of carbonyl (C=O) groups excluding carboxylic acids is 1. The molecular formula is C14H16N2O2. The van der Waals surface area contributed by atoms with Crippen molar-refractivity contribution in [2.24, 2.45) is 0 Å². The molecule has 0 aliphatic heterocycles. The van der Waals surface area contributed by atoms with Gasteiger partial charge in [-0.05, 0) is 29.7 Å². The third-order valence-electron chi connectivity index (χ3n) is 2.75. The Morgan fingerprint density at radius 3 is 2.50 bits per heavy atom. The van der Waals surface area contributed by atoms with E-state index in [-0.39, 0.29) is 12.5 Å². The fraction of sp³-hybridized carbons (Fsp3) is 0.214. The number of rotatable bonds is 5. The van der Waals surface area contributed by atoms with Gasteiger partial charge in [-0.15, -0.1) is 0 Å². The van der Waals surface area contributed by atoms with Gasteiger partial charge in [-0.3, -0.25) is 4.79 Å². The van der Waals surface area contributed by atoms with E-state index in [1.165, 1.54) is 0 Å². The molecule has 0 radical (unpaired) electrons. The van der Waals surface area contributed by atoms with Crippen molar-refractivity contribution in [1.29, 1.82) is 0 Å². The molecule has 94 valence electrons. The lowest BCUT2D eigenvalue weighted by molar-refractivity contribution is 0.0950. The van der Waals surface area contributed by atoms with Crippen LogP contribution in [0.2, 0.25) is 0 Å². The Balaban J connectivity index is 1.79. The molecule has 0 atom stereocenters. The first kappa shape index (κ1) is 12.4. The average molecular weight is 244 g/mol. The molecule has 2 aromatic rings. The largest absolute Gasteiger partial charge is 0.392 e. The number of aromatic amines is 1. The van der Waals surface area contributed by atoms with Gasteiger partial charge in [-0.25, -0.2) is 0 Å². The number of carbonyl (C=O) groups is 1. The van der Waals surface area contributed by atoms with E-state index < -0.39 is 0 Å². The first-order valence-electron chi connectivity index (χ1n) is 5.90. The van der Waals surface area contributed by atoms with Gasteiger partial charge in [0.25, 0.3) is 5.91 Å². The van der Waals surface area contributed by atoms with Crippen LogP contribution < -0.4 is 5.32 Å². The highest BCUT2D eigenvalue weighted by molar-refractivity contribution is 5.92. The van der Waals surface area contributed by atoms with Gasteiger partial charge in [-0.2, -0.15) is 0 Å². The van der Waals surface area contributed by atoms with E-state index in [2.05, 4.69) is 10.3 Å². The number of benzene rings is 1. The first-order chi connectivity index (χ1) is 8.79. The topological polar surface area (TPSA) is 65.1 Å². The van der Waals surface area contributed by atoms with Crippen molar-refractivity contribution in [2.75, 3.05) is 6.54 Å². The van der Waals surface area contributed by atoms with E-state index in [0.29, 0.717) is 12.2 Å². The van der Waals surface area contributed by atoms with Gasteiger partial charge < -0.3 is 15.4 Å². The quantitative estimate of drug-likeness (QED) is 0.746. The molecular weight excluding hydrogens is 228 g/mol. The lowest BCUT2D eigenvalue weighted by Crippen LogP contribution is -2.25. The molecule has 1 heterocycles. The fourth-order valence-electron chi connectivity index (χ4n) is 1.70. The van der Waals surface area contributed by atoms with Gasteiger partial charge in [0, 0.05) is 12.7 Å². The molecule has 1 aromatic heterocycles. The summed E-state index contributed by atoms with van der Waals surface area (Å²) in [7, 11) is 0. The van der Waals surface area contributed by atoms with Crippen molar-refractivity contribution in [2.45, 2.75) is 13.0 Å². The minimum Gasteiger partial charge on any atom is -0.392 e. The van der Waals surface area contributed by atoms with Crippen molar-refractivity contribution >= 4 is 5.91 Å². The van der Waals surface area contributed by atoms with Crippen molar-refractivity contribution in [1.82, 2.24) is 10.3 Å². The van der Waals surface area contributed by atoms with E-state index in [4.69, 9.17) is 5.11 Å². The minimum absolute atomic E-state index is 0.0594. The molecule has 0 unspecified atom stereocenters. The number of aromatic nitrogens is 1. The summed E-state index contributed by atoms with van der Waals surface area (Å²) in [6.45, 7) is 0.653. The molecule has 0 saturated heterocycles. The normalized spacial score (nSPS) is 10.3. The molecule has 4 heteroatoms. The van der Waals surface area contributed by atoms with Crippen LogP contribution in [0.15, 0.2) is 42.6 Å². The lowest BCUT2D eigenvalue weighted by atomic mass is 10.1. The van der Waals surface area contributed by atoms with Crippen LogP contribution in [0.1, 0.15) is 21.6 Å². The molecule has 3 N–H and O–H groups in total. The van der Waals surface area contributed by atoms with E-state index in [1.54, 1.807) is 18.3 Å². The predicted octanol–water partition coefficient (Wildman–Crippen LogP) is 1.48. The molecule has 0 bridgehead atoms. The van der Waals surface area contributed by atoms with Crippen molar-refractivity contribution in [3.63, 3.8) is 0 Å². The Labute approximate surface area is 106 Å². The third-order valence-corrected chi connectivity index (χ3v) is 2.75. The number of nitrogens with one attached hydrogen (secondary N) is 2. The first-order valence-corrected chi connectivity index (χ1v) is 5.90. The Bertz CT molecular complexity index is 489. The standard InChI is InChI=1S/C14H16N2O2/c17-10-12-5-3-11(4-6-12)7-9-16-14(18)13-2-1-8-15-13/h1-6,8,15,17H,7,9-10H2,(H,16,18). The second-order valence-electron chi connectivity index (χ2n) is 4.06. The summed E-state index contributed by atoms with van der Waals surface area (Å²) in [5.74, 6) is -0.0908. The van der Waals surface area contributed by atoms with E-state index in [0.717, 1.165) is 17.5 Å². The lowest BCUT2D eigenvalue weighted by Gasteiger charge is -2.05. The average Bonchev–Trinajstić information content (AvgIpc) is 2.93. The Morgan fingerprint density at radius 1 is 1.17 bits per heavy atom. The number of hydrogen-bond acceptors (Lipinski definition) is 2. The summed E-state index contributed by atoms with van der Waals surface area (Å²) in [6, 6.07) is 11.2. The SMILES string of the molecule is O=C(NCCc1ccc(CO)cc1)c1ccc[nH]1. The zero-order valence-corrected chi connectivity index (χ0v) is 10.0. The van der Waals surface area contributed by atoms with Gasteiger partial charge in [0.1, 0.15) is 5.69 Å². The zero-order chi connectivity index (χ0) is 12.8. The number of hydrogen-bond donors (Lipinski definition) is 3. The van der Waals surface area contributed by atoms with Crippen LogP contribution in [0.3, 0.4) is 0 Å². The van der Waals surface area contributed by atoms with Crippen molar-refractivity contribution < 1.29 is 9.90 Å². The summed E-state index contributed by atoms with van der Waals surface area (Å²) in [5, 5.41) is 11.8. The second kappa shape index (κ2) is 6.02. The Kier molecular flexibility index (Phi) is 4.15. The van der Waals surface area contributed by atoms with Gasteiger partial charge in [0.2, 0.25) is 0 Å². The monoisotopic (exact) mass is 244 g/mol. The van der Waals surface area contributed by atoms with E-state index in [9.17, 15) is 4.79 Å².